The van der Waals surface area contributed by atoms with Crippen molar-refractivity contribution in [3.8, 4) is 22.5 Å². The molecule has 0 aliphatic carbocycles. The minimum Gasteiger partial charge on any atom is -0.319 e. The average molecular weight is 712 g/mol. The molecule has 0 saturated carbocycles. The molecule has 6 aromatic carbocycles. The van der Waals surface area contributed by atoms with Gasteiger partial charge in [-0.2, -0.15) is 0 Å². The topological polar surface area (TPSA) is 42.5 Å². The minimum absolute atomic E-state index is 0.710. The first-order chi connectivity index (χ1) is 24.7. The van der Waals surface area contributed by atoms with Gasteiger partial charge < -0.3 is 4.57 Å². The number of fused-ring (bicyclic) bond motifs is 1. The third-order valence-electron chi connectivity index (χ3n) is 9.12. The summed E-state index contributed by atoms with van der Waals surface area (Å²) < 4.78 is 3.41. The lowest BCUT2D eigenvalue weighted by Crippen LogP contribution is -2.07. The Balaban J connectivity index is 1.19. The van der Waals surface area contributed by atoms with Crippen molar-refractivity contribution in [1.82, 2.24) is 9.55 Å². The first-order valence-electron chi connectivity index (χ1n) is 17.1. The fourth-order valence-corrected chi connectivity index (χ4v) is 6.96. The lowest BCUT2D eigenvalue weighted by molar-refractivity contribution is 0.831. The number of nitrogens with zero attached hydrogens (tertiary/aromatic N) is 4. The number of rotatable bonds is 7. The van der Waals surface area contributed by atoms with E-state index >= 15 is 0 Å². The third-order valence-corrected chi connectivity index (χ3v) is 9.89. The van der Waals surface area contributed by atoms with Gasteiger partial charge in [0.15, 0.2) is 5.84 Å². The summed E-state index contributed by atoms with van der Waals surface area (Å²) in [5.41, 5.74) is 11.8. The fourth-order valence-electron chi connectivity index (χ4n) is 6.55. The van der Waals surface area contributed by atoms with Crippen molar-refractivity contribution in [2.24, 2.45) is 9.98 Å². The summed E-state index contributed by atoms with van der Waals surface area (Å²) >= 11 is 3.76. The standard InChI is InChI=1S/C45H35BrN4/c46-39-24-11-10-21-38(39)31-50-43-28-27-36(30-42(43)49-45(50)34-19-8-3-9-20-34)35-22-14-23-37(29-35)41-26-13-12-25-40(32-15-4-1-5-16-32)47-44(48-41)33-17-6-2-7-18-33/h1-11,14-24,26-30H,12-13,25,31H2/b41-26-,47-40?,48-44?. The maximum atomic E-state index is 5.26. The predicted molar refractivity (Wildman–Crippen MR) is 212 cm³/mol. The van der Waals surface area contributed by atoms with Crippen LogP contribution >= 0.6 is 15.9 Å². The summed E-state index contributed by atoms with van der Waals surface area (Å²) in [7, 11) is 0. The molecule has 0 bridgehead atoms. The Morgan fingerprint density at radius 2 is 1.20 bits per heavy atom. The average Bonchev–Trinajstić information content (AvgIpc) is 3.58. The van der Waals surface area contributed by atoms with E-state index in [1.54, 1.807) is 0 Å². The van der Waals surface area contributed by atoms with Crippen molar-refractivity contribution in [3.05, 3.63) is 191 Å². The molecule has 4 nitrogen and oxygen atoms in total. The van der Waals surface area contributed by atoms with E-state index in [-0.39, 0.29) is 0 Å². The highest BCUT2D eigenvalue weighted by Crippen LogP contribution is 2.32. The zero-order valence-electron chi connectivity index (χ0n) is 27.6. The van der Waals surface area contributed by atoms with Crippen LogP contribution in [0.2, 0.25) is 0 Å². The number of benzene rings is 6. The molecule has 50 heavy (non-hydrogen) atoms. The lowest BCUT2D eigenvalue weighted by Gasteiger charge is -2.12. The van der Waals surface area contributed by atoms with E-state index in [0.717, 1.165) is 91.2 Å². The molecular weight excluding hydrogens is 676 g/mol. The van der Waals surface area contributed by atoms with Crippen LogP contribution < -0.4 is 0 Å². The second-order valence-electron chi connectivity index (χ2n) is 12.5. The second kappa shape index (κ2) is 14.5. The highest BCUT2D eigenvalue weighted by atomic mass is 79.9. The van der Waals surface area contributed by atoms with E-state index in [0.29, 0.717) is 6.54 Å². The van der Waals surface area contributed by atoms with E-state index < -0.39 is 0 Å². The monoisotopic (exact) mass is 710 g/mol. The Morgan fingerprint density at radius 3 is 1.96 bits per heavy atom. The van der Waals surface area contributed by atoms with Gasteiger partial charge in [0.2, 0.25) is 0 Å². The van der Waals surface area contributed by atoms with E-state index in [4.69, 9.17) is 15.0 Å². The van der Waals surface area contributed by atoms with Crippen molar-refractivity contribution in [1.29, 1.82) is 0 Å². The molecule has 242 valence electrons. The number of halogens is 1. The number of imidazole rings is 1. The fraction of sp³-hybridized carbons (Fsp3) is 0.0889. The van der Waals surface area contributed by atoms with Crippen LogP contribution in [-0.2, 0) is 6.54 Å². The lowest BCUT2D eigenvalue weighted by atomic mass is 10.0. The highest BCUT2D eigenvalue weighted by molar-refractivity contribution is 9.10. The molecular formula is C45H35BrN4. The number of allylic oxidation sites excluding steroid dienone is 1. The summed E-state index contributed by atoms with van der Waals surface area (Å²) in [6.45, 7) is 0.710. The number of hydrogen-bond acceptors (Lipinski definition) is 3. The van der Waals surface area contributed by atoms with E-state index in [1.165, 1.54) is 5.56 Å². The van der Waals surface area contributed by atoms with Gasteiger partial charge in [-0.15, -0.1) is 0 Å². The second-order valence-corrected chi connectivity index (χ2v) is 13.3. The van der Waals surface area contributed by atoms with E-state index in [1.807, 2.05) is 30.3 Å². The van der Waals surface area contributed by atoms with Crippen molar-refractivity contribution < 1.29 is 0 Å². The van der Waals surface area contributed by atoms with E-state index in [9.17, 15) is 0 Å². The van der Waals surface area contributed by atoms with Crippen LogP contribution in [0.3, 0.4) is 0 Å². The van der Waals surface area contributed by atoms with Gasteiger partial charge in [0.05, 0.1) is 29.0 Å². The zero-order valence-corrected chi connectivity index (χ0v) is 29.2. The largest absolute Gasteiger partial charge is 0.319 e. The Morgan fingerprint density at radius 1 is 0.560 bits per heavy atom. The molecule has 1 aliphatic rings. The van der Waals surface area contributed by atoms with Crippen LogP contribution in [0.1, 0.15) is 41.5 Å². The van der Waals surface area contributed by atoms with Crippen molar-refractivity contribution >= 4 is 44.2 Å². The minimum atomic E-state index is 0.710. The molecule has 8 rings (SSSR count). The summed E-state index contributed by atoms with van der Waals surface area (Å²) in [5, 5.41) is 0. The van der Waals surface area contributed by atoms with Gasteiger partial charge >= 0.3 is 0 Å². The van der Waals surface area contributed by atoms with Crippen LogP contribution in [0.5, 0.6) is 0 Å². The van der Waals surface area contributed by atoms with Gasteiger partial charge in [0.1, 0.15) is 5.82 Å². The molecule has 0 saturated heterocycles. The van der Waals surface area contributed by atoms with Crippen LogP contribution in [0.4, 0.5) is 0 Å². The predicted octanol–water partition coefficient (Wildman–Crippen LogP) is 11.6. The number of hydrogen-bond donors (Lipinski definition) is 0. The molecule has 0 radical (unpaired) electrons. The van der Waals surface area contributed by atoms with Crippen LogP contribution in [0.15, 0.2) is 178 Å². The van der Waals surface area contributed by atoms with Gasteiger partial charge in [-0.3, -0.25) is 0 Å². The van der Waals surface area contributed by atoms with Gasteiger partial charge in [-0.05, 0) is 65.8 Å². The van der Waals surface area contributed by atoms with Gasteiger partial charge in [0.25, 0.3) is 0 Å². The van der Waals surface area contributed by atoms with Crippen LogP contribution in [-0.4, -0.2) is 21.1 Å². The number of amidine groups is 1. The molecule has 7 aromatic rings. The first-order valence-corrected chi connectivity index (χ1v) is 17.9. The molecule has 0 unspecified atom stereocenters. The SMILES string of the molecule is Brc1ccccc1Cn1c(-c2ccccc2)nc2cc(-c3cccc(/C4=C/CCCC(c5ccccc5)=NC(c5ccccc5)=N4)c3)ccc21. The molecule has 0 fully saturated rings. The van der Waals surface area contributed by atoms with Crippen LogP contribution in [0, 0.1) is 0 Å². The van der Waals surface area contributed by atoms with Crippen molar-refractivity contribution in [2.45, 2.75) is 25.8 Å². The van der Waals surface area contributed by atoms with Crippen LogP contribution in [0.25, 0.3) is 39.2 Å². The summed E-state index contributed by atoms with van der Waals surface area (Å²) in [6, 6.07) is 54.9. The van der Waals surface area contributed by atoms with E-state index in [2.05, 4.69) is 154 Å². The Labute approximate surface area is 301 Å². The van der Waals surface area contributed by atoms with Crippen molar-refractivity contribution in [3.63, 3.8) is 0 Å². The Bertz CT molecular complexity index is 2370. The third kappa shape index (κ3) is 6.78. The highest BCUT2D eigenvalue weighted by Gasteiger charge is 2.16. The summed E-state index contributed by atoms with van der Waals surface area (Å²) in [6.07, 6.45) is 5.07. The van der Waals surface area contributed by atoms with Gasteiger partial charge in [0, 0.05) is 21.2 Å². The quantitative estimate of drug-likeness (QED) is 0.162. The summed E-state index contributed by atoms with van der Waals surface area (Å²) in [4.78, 5) is 15.7. The maximum Gasteiger partial charge on any atom is 0.160 e. The van der Waals surface area contributed by atoms with Gasteiger partial charge in [-0.25, -0.2) is 15.0 Å². The molecule has 5 heteroatoms. The molecule has 1 aromatic heterocycles. The molecule has 0 amide bonds. The Kier molecular flexibility index (Phi) is 9.14. The Hall–Kier alpha value is -5.65. The normalized spacial score (nSPS) is 14.5. The number of aliphatic imine (C=N–C) groups is 2. The van der Waals surface area contributed by atoms with Gasteiger partial charge in [-0.1, -0.05) is 155 Å². The summed E-state index contributed by atoms with van der Waals surface area (Å²) in [5.74, 6) is 1.68. The maximum absolute atomic E-state index is 5.26. The molecule has 1 aliphatic heterocycles. The number of aromatic nitrogens is 2. The molecule has 0 atom stereocenters. The smallest absolute Gasteiger partial charge is 0.160 e. The first kappa shape index (κ1) is 31.6. The van der Waals surface area contributed by atoms with Crippen molar-refractivity contribution in [2.75, 3.05) is 0 Å². The molecule has 0 spiro atoms. The molecule has 0 N–H and O–H groups in total. The molecule has 2 heterocycles. The zero-order chi connectivity index (χ0) is 33.7.